The average molecular weight is 194 g/mol. The quantitative estimate of drug-likeness (QED) is 0.626. The van der Waals surface area contributed by atoms with Crippen molar-refractivity contribution in [3.8, 4) is 0 Å². The van der Waals surface area contributed by atoms with Crippen LogP contribution in [0.3, 0.4) is 0 Å². The third kappa shape index (κ3) is 2.79. The van der Waals surface area contributed by atoms with Crippen molar-refractivity contribution in [3.63, 3.8) is 0 Å². The van der Waals surface area contributed by atoms with E-state index in [1.165, 1.54) is 25.7 Å². The van der Waals surface area contributed by atoms with Gasteiger partial charge in [0.25, 0.3) is 0 Å². The molecule has 2 aliphatic rings. The topological polar surface area (TPSA) is 18.5 Å². The van der Waals surface area contributed by atoms with Gasteiger partial charge in [-0.05, 0) is 37.8 Å². The van der Waals surface area contributed by atoms with Crippen LogP contribution >= 0.6 is 0 Å². The van der Waals surface area contributed by atoms with Crippen molar-refractivity contribution < 1.29 is 9.47 Å². The molecule has 2 nitrogen and oxygen atoms in total. The Labute approximate surface area is 85.6 Å². The van der Waals surface area contributed by atoms with Crippen LogP contribution in [-0.4, -0.2) is 13.2 Å². The van der Waals surface area contributed by atoms with Gasteiger partial charge in [-0.15, -0.1) is 0 Å². The molecule has 0 bridgehead atoms. The summed E-state index contributed by atoms with van der Waals surface area (Å²) < 4.78 is 11.1. The second kappa shape index (κ2) is 5.08. The predicted molar refractivity (Wildman–Crippen MR) is 55.8 cm³/mol. The average Bonchev–Trinajstić information content (AvgIpc) is 2.86. The SMILES string of the molecule is C1=C(OCCOC2=CCCC2)CCC1. The largest absolute Gasteiger partial charge is 0.495 e. The van der Waals surface area contributed by atoms with Gasteiger partial charge in [0.05, 0.1) is 11.5 Å². The highest BCUT2D eigenvalue weighted by Gasteiger charge is 2.07. The minimum atomic E-state index is 0.698. The lowest BCUT2D eigenvalue weighted by atomic mass is 10.4. The zero-order valence-electron chi connectivity index (χ0n) is 8.63. The third-order valence-electron chi connectivity index (χ3n) is 2.66. The molecule has 0 amide bonds. The molecule has 2 heteroatoms. The van der Waals surface area contributed by atoms with Crippen molar-refractivity contribution in [2.45, 2.75) is 38.5 Å². The molecular formula is C12H18O2. The van der Waals surface area contributed by atoms with Crippen molar-refractivity contribution in [1.29, 1.82) is 0 Å². The maximum atomic E-state index is 5.57. The van der Waals surface area contributed by atoms with Gasteiger partial charge < -0.3 is 9.47 Å². The highest BCUT2D eigenvalue weighted by molar-refractivity contribution is 5.00. The molecule has 0 aromatic heterocycles. The van der Waals surface area contributed by atoms with E-state index in [9.17, 15) is 0 Å². The Bertz CT molecular complexity index is 215. The van der Waals surface area contributed by atoms with Crippen LogP contribution in [0, 0.1) is 0 Å². The van der Waals surface area contributed by atoms with Crippen molar-refractivity contribution in [3.05, 3.63) is 23.7 Å². The molecular weight excluding hydrogens is 176 g/mol. The highest BCUT2D eigenvalue weighted by Crippen LogP contribution is 2.20. The van der Waals surface area contributed by atoms with Gasteiger partial charge in [0.15, 0.2) is 0 Å². The van der Waals surface area contributed by atoms with Gasteiger partial charge in [0.1, 0.15) is 13.2 Å². The molecule has 0 aromatic rings. The predicted octanol–water partition coefficient (Wildman–Crippen LogP) is 3.16. The van der Waals surface area contributed by atoms with E-state index in [1.807, 2.05) is 0 Å². The summed E-state index contributed by atoms with van der Waals surface area (Å²) in [6.07, 6.45) is 11.5. The Morgan fingerprint density at radius 2 is 1.36 bits per heavy atom. The lowest BCUT2D eigenvalue weighted by molar-refractivity contribution is 0.112. The monoisotopic (exact) mass is 194 g/mol. The maximum Gasteiger partial charge on any atom is 0.122 e. The van der Waals surface area contributed by atoms with Gasteiger partial charge in [0.2, 0.25) is 0 Å². The molecule has 0 saturated carbocycles. The minimum absolute atomic E-state index is 0.698. The number of hydrogen-bond acceptors (Lipinski definition) is 2. The van der Waals surface area contributed by atoms with Crippen LogP contribution in [0.5, 0.6) is 0 Å². The Morgan fingerprint density at radius 3 is 1.71 bits per heavy atom. The van der Waals surface area contributed by atoms with E-state index in [0.717, 1.165) is 24.4 Å². The smallest absolute Gasteiger partial charge is 0.122 e. The Kier molecular flexibility index (Phi) is 3.50. The van der Waals surface area contributed by atoms with E-state index in [0.29, 0.717) is 13.2 Å². The first-order valence-electron chi connectivity index (χ1n) is 5.59. The van der Waals surface area contributed by atoms with Crippen LogP contribution in [0.2, 0.25) is 0 Å². The summed E-state index contributed by atoms with van der Waals surface area (Å²) in [7, 11) is 0. The van der Waals surface area contributed by atoms with Gasteiger partial charge in [-0.25, -0.2) is 0 Å². The molecule has 2 rings (SSSR count). The molecule has 0 heterocycles. The van der Waals surface area contributed by atoms with E-state index in [2.05, 4.69) is 12.2 Å². The number of hydrogen-bond donors (Lipinski definition) is 0. The Balaban J connectivity index is 1.54. The highest BCUT2D eigenvalue weighted by atomic mass is 16.5. The van der Waals surface area contributed by atoms with Gasteiger partial charge in [-0.2, -0.15) is 0 Å². The van der Waals surface area contributed by atoms with Crippen LogP contribution in [0.4, 0.5) is 0 Å². The maximum absolute atomic E-state index is 5.57. The van der Waals surface area contributed by atoms with E-state index < -0.39 is 0 Å². The molecule has 0 fully saturated rings. The van der Waals surface area contributed by atoms with Crippen LogP contribution in [0.25, 0.3) is 0 Å². The van der Waals surface area contributed by atoms with Crippen LogP contribution in [0.15, 0.2) is 23.7 Å². The van der Waals surface area contributed by atoms with Gasteiger partial charge in [-0.3, -0.25) is 0 Å². The van der Waals surface area contributed by atoms with Crippen LogP contribution in [0.1, 0.15) is 38.5 Å². The van der Waals surface area contributed by atoms with Gasteiger partial charge >= 0.3 is 0 Å². The number of rotatable bonds is 5. The van der Waals surface area contributed by atoms with Crippen LogP contribution in [-0.2, 0) is 9.47 Å². The minimum Gasteiger partial charge on any atom is -0.495 e. The molecule has 0 atom stereocenters. The molecule has 0 aliphatic heterocycles. The zero-order chi connectivity index (χ0) is 9.64. The first kappa shape index (κ1) is 9.63. The Morgan fingerprint density at radius 1 is 0.857 bits per heavy atom. The van der Waals surface area contributed by atoms with Crippen molar-refractivity contribution in [1.82, 2.24) is 0 Å². The van der Waals surface area contributed by atoms with E-state index in [1.54, 1.807) is 0 Å². The summed E-state index contributed by atoms with van der Waals surface area (Å²) in [5.74, 6) is 2.32. The fourth-order valence-corrected chi connectivity index (χ4v) is 1.89. The lowest BCUT2D eigenvalue weighted by Crippen LogP contribution is -2.02. The molecule has 0 radical (unpaired) electrons. The number of allylic oxidation sites excluding steroid dienone is 4. The molecule has 14 heavy (non-hydrogen) atoms. The molecule has 0 aromatic carbocycles. The summed E-state index contributed by atoms with van der Waals surface area (Å²) in [4.78, 5) is 0. The van der Waals surface area contributed by atoms with E-state index in [4.69, 9.17) is 9.47 Å². The lowest BCUT2D eigenvalue weighted by Gasteiger charge is -2.09. The van der Waals surface area contributed by atoms with E-state index in [-0.39, 0.29) is 0 Å². The first-order chi connectivity index (χ1) is 6.95. The summed E-state index contributed by atoms with van der Waals surface area (Å²) in [6.45, 7) is 1.40. The standard InChI is InChI=1S/C12H18O2/c1-2-6-11(5-1)13-9-10-14-12-7-3-4-8-12/h5,7H,1-4,6,8-10H2. The van der Waals surface area contributed by atoms with Crippen molar-refractivity contribution in [2.24, 2.45) is 0 Å². The summed E-state index contributed by atoms with van der Waals surface area (Å²) in [6, 6.07) is 0. The van der Waals surface area contributed by atoms with Gasteiger partial charge in [0, 0.05) is 12.8 Å². The molecule has 2 aliphatic carbocycles. The van der Waals surface area contributed by atoms with Crippen LogP contribution < -0.4 is 0 Å². The number of ether oxygens (including phenoxy) is 2. The molecule has 0 saturated heterocycles. The fourth-order valence-electron chi connectivity index (χ4n) is 1.89. The molecule has 0 unspecified atom stereocenters. The first-order valence-corrected chi connectivity index (χ1v) is 5.59. The van der Waals surface area contributed by atoms with Crippen molar-refractivity contribution >= 4 is 0 Å². The van der Waals surface area contributed by atoms with Gasteiger partial charge in [-0.1, -0.05) is 0 Å². The Hall–Kier alpha value is -0.920. The second-order valence-electron chi connectivity index (χ2n) is 3.82. The normalized spacial score (nSPS) is 20.6. The molecule has 78 valence electrons. The summed E-state index contributed by atoms with van der Waals surface area (Å²) in [5.41, 5.74) is 0. The van der Waals surface area contributed by atoms with Crippen molar-refractivity contribution in [2.75, 3.05) is 13.2 Å². The third-order valence-corrected chi connectivity index (χ3v) is 2.66. The fraction of sp³-hybridized carbons (Fsp3) is 0.667. The molecule has 0 N–H and O–H groups in total. The second-order valence-corrected chi connectivity index (χ2v) is 3.82. The zero-order valence-corrected chi connectivity index (χ0v) is 8.63. The summed E-state index contributed by atoms with van der Waals surface area (Å²) in [5, 5.41) is 0. The summed E-state index contributed by atoms with van der Waals surface area (Å²) >= 11 is 0. The van der Waals surface area contributed by atoms with E-state index >= 15 is 0 Å². The molecule has 0 spiro atoms.